The first-order valence-corrected chi connectivity index (χ1v) is 4.90. The zero-order chi connectivity index (χ0) is 13.0. The average Bonchev–Trinajstić information content (AvgIpc) is 2.39. The number of nitrogens with two attached hydrogens (primary N) is 1. The van der Waals surface area contributed by atoms with Gasteiger partial charge in [-0.2, -0.15) is 4.98 Å². The highest BCUT2D eigenvalue weighted by Gasteiger charge is 2.07. The summed E-state index contributed by atoms with van der Waals surface area (Å²) in [5, 5.41) is 10.6. The van der Waals surface area contributed by atoms with E-state index in [4.69, 9.17) is 10.6 Å². The van der Waals surface area contributed by atoms with Gasteiger partial charge in [-0.1, -0.05) is 6.07 Å². The van der Waals surface area contributed by atoms with Gasteiger partial charge in [-0.05, 0) is 6.07 Å². The molecule has 2 aromatic rings. The Hall–Kier alpha value is -2.74. The average molecular weight is 247 g/mol. The minimum absolute atomic E-state index is 0.0615. The molecule has 0 atom stereocenters. The number of aromatic nitrogens is 2. The number of hydrazine groups is 1. The number of nitro groups is 1. The summed E-state index contributed by atoms with van der Waals surface area (Å²) in [5.41, 5.74) is 2.26. The first-order valence-electron chi connectivity index (χ1n) is 4.90. The van der Waals surface area contributed by atoms with Crippen molar-refractivity contribution in [3.05, 3.63) is 46.8 Å². The molecular weight excluding hydrogens is 238 g/mol. The second-order valence-corrected chi connectivity index (χ2v) is 3.24. The highest BCUT2D eigenvalue weighted by Crippen LogP contribution is 2.23. The normalized spacial score (nSPS) is 9.83. The molecule has 0 spiro atoms. The Balaban J connectivity index is 2.22. The molecule has 1 aromatic heterocycles. The number of nitrogens with one attached hydrogen (secondary N) is 1. The van der Waals surface area contributed by atoms with Crippen molar-refractivity contribution in [1.29, 1.82) is 0 Å². The zero-order valence-electron chi connectivity index (χ0n) is 9.11. The lowest BCUT2D eigenvalue weighted by atomic mass is 10.3. The van der Waals surface area contributed by atoms with Gasteiger partial charge in [0, 0.05) is 6.07 Å². The maximum absolute atomic E-state index is 10.6. The van der Waals surface area contributed by atoms with Crippen molar-refractivity contribution in [1.82, 2.24) is 9.97 Å². The molecule has 0 unspecified atom stereocenters. The number of nitro benzene ring substituents is 1. The molecule has 3 N–H and O–H groups in total. The van der Waals surface area contributed by atoms with Crippen LogP contribution in [-0.4, -0.2) is 14.9 Å². The SMILES string of the molecule is NNc1cncc(Oc2cccc([N+](=O)[O-])c2)n1. The van der Waals surface area contributed by atoms with Gasteiger partial charge in [0.15, 0.2) is 5.82 Å². The Labute approximate surface area is 102 Å². The van der Waals surface area contributed by atoms with Crippen LogP contribution in [0.5, 0.6) is 11.6 Å². The predicted octanol–water partition coefficient (Wildman–Crippen LogP) is 1.46. The quantitative estimate of drug-likeness (QED) is 0.477. The molecule has 0 aliphatic carbocycles. The van der Waals surface area contributed by atoms with E-state index in [2.05, 4.69) is 15.4 Å². The van der Waals surface area contributed by atoms with E-state index in [9.17, 15) is 10.1 Å². The zero-order valence-corrected chi connectivity index (χ0v) is 9.11. The van der Waals surface area contributed by atoms with Gasteiger partial charge < -0.3 is 10.2 Å². The molecule has 1 aromatic carbocycles. The van der Waals surface area contributed by atoms with Gasteiger partial charge in [0.25, 0.3) is 5.69 Å². The first-order chi connectivity index (χ1) is 8.69. The van der Waals surface area contributed by atoms with Gasteiger partial charge in [0.2, 0.25) is 5.88 Å². The number of anilines is 1. The number of hydrogen-bond acceptors (Lipinski definition) is 7. The van der Waals surface area contributed by atoms with Crippen LogP contribution in [0.3, 0.4) is 0 Å². The molecule has 0 radical (unpaired) electrons. The Kier molecular flexibility index (Phi) is 3.30. The Morgan fingerprint density at radius 3 is 2.94 bits per heavy atom. The monoisotopic (exact) mass is 247 g/mol. The lowest BCUT2D eigenvalue weighted by Crippen LogP contribution is -2.09. The van der Waals surface area contributed by atoms with Crippen LogP contribution in [-0.2, 0) is 0 Å². The third-order valence-corrected chi connectivity index (χ3v) is 2.01. The molecule has 2 rings (SSSR count). The van der Waals surface area contributed by atoms with Crippen molar-refractivity contribution in [2.45, 2.75) is 0 Å². The maximum atomic E-state index is 10.6. The van der Waals surface area contributed by atoms with Gasteiger partial charge in [-0.3, -0.25) is 15.1 Å². The fourth-order valence-electron chi connectivity index (χ4n) is 1.25. The third-order valence-electron chi connectivity index (χ3n) is 2.01. The van der Waals surface area contributed by atoms with Crippen molar-refractivity contribution in [3.8, 4) is 11.6 Å². The van der Waals surface area contributed by atoms with Gasteiger partial charge in [0.05, 0.1) is 23.4 Å². The summed E-state index contributed by atoms with van der Waals surface area (Å²) < 4.78 is 5.34. The highest BCUT2D eigenvalue weighted by molar-refractivity contribution is 5.40. The summed E-state index contributed by atoms with van der Waals surface area (Å²) in [6.07, 6.45) is 2.79. The van der Waals surface area contributed by atoms with E-state index < -0.39 is 4.92 Å². The third kappa shape index (κ3) is 2.68. The Morgan fingerprint density at radius 2 is 2.22 bits per heavy atom. The van der Waals surface area contributed by atoms with Crippen LogP contribution in [0, 0.1) is 10.1 Å². The van der Waals surface area contributed by atoms with Gasteiger partial charge in [0.1, 0.15) is 5.75 Å². The molecule has 0 saturated heterocycles. The number of benzene rings is 1. The summed E-state index contributed by atoms with van der Waals surface area (Å²) in [7, 11) is 0. The summed E-state index contributed by atoms with van der Waals surface area (Å²) >= 11 is 0. The van der Waals surface area contributed by atoms with E-state index >= 15 is 0 Å². The van der Waals surface area contributed by atoms with Crippen molar-refractivity contribution in [2.24, 2.45) is 5.84 Å². The first kappa shape index (κ1) is 11.7. The van der Waals surface area contributed by atoms with Crippen molar-refractivity contribution in [2.75, 3.05) is 5.43 Å². The van der Waals surface area contributed by atoms with E-state index in [-0.39, 0.29) is 11.6 Å². The lowest BCUT2D eigenvalue weighted by Gasteiger charge is -2.05. The fourth-order valence-corrected chi connectivity index (χ4v) is 1.25. The molecule has 0 saturated carbocycles. The standard InChI is InChI=1S/C10H9N5O3/c11-14-9-5-12-6-10(13-9)18-8-3-1-2-7(4-8)15(16)17/h1-6H,11H2,(H,13,14). The maximum Gasteiger partial charge on any atom is 0.273 e. The van der Waals surface area contributed by atoms with E-state index in [0.717, 1.165) is 0 Å². The summed E-state index contributed by atoms with van der Waals surface area (Å²) in [4.78, 5) is 17.9. The molecule has 18 heavy (non-hydrogen) atoms. The van der Waals surface area contributed by atoms with Gasteiger partial charge in [-0.15, -0.1) is 0 Å². The van der Waals surface area contributed by atoms with E-state index in [1.165, 1.54) is 30.6 Å². The topological polar surface area (TPSA) is 116 Å². The smallest absolute Gasteiger partial charge is 0.273 e. The largest absolute Gasteiger partial charge is 0.437 e. The van der Waals surface area contributed by atoms with Crippen LogP contribution in [0.25, 0.3) is 0 Å². The van der Waals surface area contributed by atoms with E-state index in [1.807, 2.05) is 0 Å². The van der Waals surface area contributed by atoms with Gasteiger partial charge >= 0.3 is 0 Å². The number of nitrogen functional groups attached to an aromatic ring is 1. The molecular formula is C10H9N5O3. The lowest BCUT2D eigenvalue weighted by molar-refractivity contribution is -0.384. The number of hydrogen-bond donors (Lipinski definition) is 2. The van der Waals surface area contributed by atoms with E-state index in [1.54, 1.807) is 6.07 Å². The van der Waals surface area contributed by atoms with Crippen molar-refractivity contribution >= 4 is 11.5 Å². The summed E-state index contributed by atoms with van der Waals surface area (Å²) in [6.45, 7) is 0. The molecule has 0 bridgehead atoms. The number of non-ortho nitro benzene ring substituents is 1. The summed E-state index contributed by atoms with van der Waals surface area (Å²) in [5.74, 6) is 5.99. The molecule has 0 amide bonds. The molecule has 0 fully saturated rings. The Bertz CT molecular complexity index is 575. The van der Waals surface area contributed by atoms with Crippen LogP contribution >= 0.6 is 0 Å². The van der Waals surface area contributed by atoms with E-state index in [0.29, 0.717) is 11.6 Å². The predicted molar refractivity (Wildman–Crippen MR) is 63.0 cm³/mol. The number of rotatable bonds is 4. The number of nitrogens with zero attached hydrogens (tertiary/aromatic N) is 3. The molecule has 92 valence electrons. The summed E-state index contributed by atoms with van der Waals surface area (Å²) in [6, 6.07) is 5.77. The van der Waals surface area contributed by atoms with Crippen LogP contribution in [0.15, 0.2) is 36.7 Å². The van der Waals surface area contributed by atoms with Crippen LogP contribution in [0.1, 0.15) is 0 Å². The molecule has 0 aliphatic heterocycles. The second kappa shape index (κ2) is 5.06. The van der Waals surface area contributed by atoms with Crippen LogP contribution < -0.4 is 16.0 Å². The molecule has 8 heteroatoms. The minimum atomic E-state index is -0.504. The van der Waals surface area contributed by atoms with Gasteiger partial charge in [-0.25, -0.2) is 5.84 Å². The van der Waals surface area contributed by atoms with Crippen LogP contribution in [0.2, 0.25) is 0 Å². The molecule has 0 aliphatic rings. The fraction of sp³-hybridized carbons (Fsp3) is 0. The molecule has 8 nitrogen and oxygen atoms in total. The molecule has 1 heterocycles. The van der Waals surface area contributed by atoms with Crippen molar-refractivity contribution < 1.29 is 9.66 Å². The minimum Gasteiger partial charge on any atom is -0.437 e. The van der Waals surface area contributed by atoms with Crippen molar-refractivity contribution in [3.63, 3.8) is 0 Å². The second-order valence-electron chi connectivity index (χ2n) is 3.24. The highest BCUT2D eigenvalue weighted by atomic mass is 16.6. The Morgan fingerprint density at radius 1 is 1.39 bits per heavy atom. The number of ether oxygens (including phenoxy) is 1. The van der Waals surface area contributed by atoms with Crippen LogP contribution in [0.4, 0.5) is 11.5 Å².